The molecule has 3 nitrogen and oxygen atoms in total. The number of piperazine rings is 1. The molecule has 1 saturated heterocycles. The van der Waals surface area contributed by atoms with Crippen LogP contribution in [0.1, 0.15) is 17.2 Å². The quantitative estimate of drug-likeness (QED) is 0.835. The normalized spacial score (nSPS) is 18.1. The third kappa shape index (κ3) is 4.29. The number of aliphatic hydroxyl groups is 1. The molecule has 1 aromatic carbocycles. The molecule has 8 heteroatoms. The van der Waals surface area contributed by atoms with Crippen LogP contribution in [0.4, 0.5) is 17.6 Å². The minimum absolute atomic E-state index is 0. The Bertz CT molecular complexity index is 464. The monoisotopic (exact) mass is 328 g/mol. The maximum absolute atomic E-state index is 13.3. The molecule has 0 amide bonds. The van der Waals surface area contributed by atoms with Gasteiger partial charge in [0.2, 0.25) is 0 Å². The van der Waals surface area contributed by atoms with Gasteiger partial charge in [0.25, 0.3) is 0 Å². The Labute approximate surface area is 126 Å². The Hall–Kier alpha value is -0.890. The predicted octanol–water partition coefficient (Wildman–Crippen LogP) is 2.20. The lowest BCUT2D eigenvalue weighted by molar-refractivity contribution is -0.140. The van der Waals surface area contributed by atoms with Gasteiger partial charge in [-0.15, -0.1) is 12.4 Å². The standard InChI is InChI=1S/C13H16F4N2O.ClH/c14-11-2-1-9(7-10(11)13(15,16)17)12(8-20)19-5-3-18-4-6-19;/h1-2,7,12,18,20H,3-6,8H2;1H/t12-;/m1./s1. The molecule has 1 atom stereocenters. The van der Waals surface area contributed by atoms with E-state index in [2.05, 4.69) is 5.32 Å². The second-order valence-electron chi connectivity index (χ2n) is 4.72. The van der Waals surface area contributed by atoms with Gasteiger partial charge in [-0.3, -0.25) is 4.90 Å². The fourth-order valence-electron chi connectivity index (χ4n) is 2.39. The SMILES string of the molecule is Cl.OC[C@H](c1ccc(F)c(C(F)(F)F)c1)N1CCNCC1. The molecular weight excluding hydrogens is 312 g/mol. The second kappa shape index (κ2) is 7.40. The van der Waals surface area contributed by atoms with E-state index in [1.54, 1.807) is 0 Å². The zero-order valence-corrected chi connectivity index (χ0v) is 12.0. The summed E-state index contributed by atoms with van der Waals surface area (Å²) in [4.78, 5) is 1.89. The third-order valence-electron chi connectivity index (χ3n) is 3.45. The largest absolute Gasteiger partial charge is 0.419 e. The molecular formula is C13H17ClF4N2O. The summed E-state index contributed by atoms with van der Waals surface area (Å²) in [5.74, 6) is -1.29. The summed E-state index contributed by atoms with van der Waals surface area (Å²) < 4.78 is 51.4. The van der Waals surface area contributed by atoms with Gasteiger partial charge in [-0.1, -0.05) is 6.07 Å². The topological polar surface area (TPSA) is 35.5 Å². The van der Waals surface area contributed by atoms with Gasteiger partial charge in [0.1, 0.15) is 5.82 Å². The molecule has 0 bridgehead atoms. The van der Waals surface area contributed by atoms with Gasteiger partial charge >= 0.3 is 6.18 Å². The summed E-state index contributed by atoms with van der Waals surface area (Å²) in [6.45, 7) is 2.38. The van der Waals surface area contributed by atoms with Crippen LogP contribution in [-0.4, -0.2) is 42.8 Å². The Kier molecular flexibility index (Phi) is 6.40. The van der Waals surface area contributed by atoms with E-state index in [9.17, 15) is 22.7 Å². The fraction of sp³-hybridized carbons (Fsp3) is 0.538. The van der Waals surface area contributed by atoms with Crippen molar-refractivity contribution in [2.45, 2.75) is 12.2 Å². The lowest BCUT2D eigenvalue weighted by Gasteiger charge is -2.34. The molecule has 0 unspecified atom stereocenters. The Balaban J connectivity index is 0.00000220. The van der Waals surface area contributed by atoms with E-state index in [-0.39, 0.29) is 24.6 Å². The summed E-state index contributed by atoms with van der Waals surface area (Å²) in [7, 11) is 0. The number of nitrogens with zero attached hydrogens (tertiary/aromatic N) is 1. The maximum atomic E-state index is 13.3. The molecule has 0 radical (unpaired) electrons. The van der Waals surface area contributed by atoms with Gasteiger partial charge in [-0.25, -0.2) is 4.39 Å². The summed E-state index contributed by atoms with van der Waals surface area (Å²) in [5.41, 5.74) is -1.01. The van der Waals surface area contributed by atoms with Crippen molar-refractivity contribution in [3.8, 4) is 0 Å². The van der Waals surface area contributed by atoms with E-state index in [0.29, 0.717) is 26.2 Å². The second-order valence-corrected chi connectivity index (χ2v) is 4.72. The Morgan fingerprint density at radius 3 is 2.38 bits per heavy atom. The van der Waals surface area contributed by atoms with Gasteiger partial charge in [-0.05, 0) is 17.7 Å². The molecule has 2 N–H and O–H groups in total. The van der Waals surface area contributed by atoms with Crippen LogP contribution in [0.3, 0.4) is 0 Å². The minimum Gasteiger partial charge on any atom is -0.394 e. The van der Waals surface area contributed by atoms with E-state index < -0.39 is 23.6 Å². The number of rotatable bonds is 3. The van der Waals surface area contributed by atoms with Crippen molar-refractivity contribution >= 4 is 12.4 Å². The zero-order chi connectivity index (χ0) is 14.8. The lowest BCUT2D eigenvalue weighted by Crippen LogP contribution is -2.46. The number of nitrogens with one attached hydrogen (secondary N) is 1. The van der Waals surface area contributed by atoms with Crippen LogP contribution in [0.5, 0.6) is 0 Å². The molecule has 1 aliphatic rings. The Morgan fingerprint density at radius 1 is 1.24 bits per heavy atom. The third-order valence-corrected chi connectivity index (χ3v) is 3.45. The van der Waals surface area contributed by atoms with Gasteiger partial charge in [0, 0.05) is 26.2 Å². The number of benzene rings is 1. The Morgan fingerprint density at radius 2 is 1.86 bits per heavy atom. The molecule has 1 aromatic rings. The first kappa shape index (κ1) is 18.2. The number of alkyl halides is 3. The van der Waals surface area contributed by atoms with Gasteiger partial charge in [-0.2, -0.15) is 13.2 Å². The van der Waals surface area contributed by atoms with Crippen molar-refractivity contribution in [1.82, 2.24) is 10.2 Å². The number of aliphatic hydroxyl groups excluding tert-OH is 1. The molecule has 1 heterocycles. The molecule has 1 fully saturated rings. The lowest BCUT2D eigenvalue weighted by atomic mass is 10.0. The van der Waals surface area contributed by atoms with E-state index >= 15 is 0 Å². The van der Waals surface area contributed by atoms with Crippen molar-refractivity contribution in [3.63, 3.8) is 0 Å². The molecule has 0 aromatic heterocycles. The molecule has 0 saturated carbocycles. The smallest absolute Gasteiger partial charge is 0.394 e. The molecule has 120 valence electrons. The van der Waals surface area contributed by atoms with E-state index in [0.717, 1.165) is 12.1 Å². The highest BCUT2D eigenvalue weighted by Crippen LogP contribution is 2.34. The molecule has 1 aliphatic heterocycles. The fourth-order valence-corrected chi connectivity index (χ4v) is 2.39. The van der Waals surface area contributed by atoms with E-state index in [1.807, 2.05) is 4.90 Å². The van der Waals surface area contributed by atoms with Crippen LogP contribution in [0.15, 0.2) is 18.2 Å². The molecule has 2 rings (SSSR count). The van der Waals surface area contributed by atoms with Crippen LogP contribution in [0, 0.1) is 5.82 Å². The average molecular weight is 329 g/mol. The first-order valence-electron chi connectivity index (χ1n) is 6.35. The van der Waals surface area contributed by atoms with Crippen LogP contribution >= 0.6 is 12.4 Å². The van der Waals surface area contributed by atoms with Gasteiger partial charge in [0.15, 0.2) is 0 Å². The van der Waals surface area contributed by atoms with Gasteiger partial charge < -0.3 is 10.4 Å². The summed E-state index contributed by atoms with van der Waals surface area (Å²) in [6.07, 6.45) is -4.73. The highest BCUT2D eigenvalue weighted by Gasteiger charge is 2.35. The number of halogens is 5. The number of hydrogen-bond donors (Lipinski definition) is 2. The van der Waals surface area contributed by atoms with Crippen molar-refractivity contribution in [2.75, 3.05) is 32.8 Å². The summed E-state index contributed by atoms with van der Waals surface area (Å²) >= 11 is 0. The average Bonchev–Trinajstić information content (AvgIpc) is 2.41. The molecule has 21 heavy (non-hydrogen) atoms. The van der Waals surface area contributed by atoms with Gasteiger partial charge in [0.05, 0.1) is 18.2 Å². The van der Waals surface area contributed by atoms with Crippen LogP contribution < -0.4 is 5.32 Å². The summed E-state index contributed by atoms with van der Waals surface area (Å²) in [6, 6.07) is 2.35. The molecule has 0 spiro atoms. The molecule has 0 aliphatic carbocycles. The predicted molar refractivity (Wildman–Crippen MR) is 72.9 cm³/mol. The van der Waals surface area contributed by atoms with Crippen molar-refractivity contribution in [2.24, 2.45) is 0 Å². The summed E-state index contributed by atoms with van der Waals surface area (Å²) in [5, 5.41) is 12.6. The number of hydrogen-bond acceptors (Lipinski definition) is 3. The first-order valence-corrected chi connectivity index (χ1v) is 6.35. The van der Waals surface area contributed by atoms with E-state index in [1.165, 1.54) is 6.07 Å². The minimum atomic E-state index is -4.73. The van der Waals surface area contributed by atoms with E-state index in [4.69, 9.17) is 0 Å². The maximum Gasteiger partial charge on any atom is 0.419 e. The van der Waals surface area contributed by atoms with Crippen LogP contribution in [0.2, 0.25) is 0 Å². The highest BCUT2D eigenvalue weighted by molar-refractivity contribution is 5.85. The van der Waals surface area contributed by atoms with Crippen molar-refractivity contribution in [3.05, 3.63) is 35.1 Å². The highest BCUT2D eigenvalue weighted by atomic mass is 35.5. The van der Waals surface area contributed by atoms with Crippen LogP contribution in [-0.2, 0) is 6.18 Å². The van der Waals surface area contributed by atoms with Crippen molar-refractivity contribution < 1.29 is 22.7 Å². The van der Waals surface area contributed by atoms with Crippen molar-refractivity contribution in [1.29, 1.82) is 0 Å². The zero-order valence-electron chi connectivity index (χ0n) is 11.2. The van der Waals surface area contributed by atoms with Crippen LogP contribution in [0.25, 0.3) is 0 Å². The first-order chi connectivity index (χ1) is 9.43.